The summed E-state index contributed by atoms with van der Waals surface area (Å²) in [6.07, 6.45) is -3.72. The number of alkyl halides is 3. The van der Waals surface area contributed by atoms with Gasteiger partial charge in [0.05, 0.1) is 13.2 Å². The SMILES string of the molecule is O=C(NCC(F)(F)F)c1ccc2c(c1)OCCCO2. The molecule has 0 saturated carbocycles. The molecule has 0 unspecified atom stereocenters. The summed E-state index contributed by atoms with van der Waals surface area (Å²) in [6.45, 7) is -0.409. The van der Waals surface area contributed by atoms with Crippen molar-refractivity contribution in [1.82, 2.24) is 5.32 Å². The van der Waals surface area contributed by atoms with Crippen LogP contribution in [0.3, 0.4) is 0 Å². The average Bonchev–Trinajstić information content (AvgIpc) is 2.59. The number of nitrogens with one attached hydrogen (secondary N) is 1. The second-order valence-corrected chi connectivity index (χ2v) is 4.01. The lowest BCUT2D eigenvalue weighted by atomic mass is 10.2. The van der Waals surface area contributed by atoms with Gasteiger partial charge in [-0.25, -0.2) is 0 Å². The number of carbonyl (C=O) groups excluding carboxylic acids is 1. The molecule has 1 aliphatic heterocycles. The Bertz CT molecular complexity index is 474. The molecule has 0 fully saturated rings. The number of benzene rings is 1. The molecular weight excluding hydrogens is 263 g/mol. The van der Waals surface area contributed by atoms with Crippen LogP contribution in [0.5, 0.6) is 11.5 Å². The lowest BCUT2D eigenvalue weighted by Crippen LogP contribution is -2.33. The first-order chi connectivity index (χ1) is 8.96. The van der Waals surface area contributed by atoms with Crippen LogP contribution in [-0.4, -0.2) is 31.8 Å². The highest BCUT2D eigenvalue weighted by molar-refractivity contribution is 5.94. The Morgan fingerprint density at radius 1 is 1.21 bits per heavy atom. The highest BCUT2D eigenvalue weighted by Crippen LogP contribution is 2.30. The second-order valence-electron chi connectivity index (χ2n) is 4.01. The van der Waals surface area contributed by atoms with Gasteiger partial charge >= 0.3 is 6.18 Å². The fourth-order valence-corrected chi connectivity index (χ4v) is 1.59. The Labute approximate surface area is 107 Å². The van der Waals surface area contributed by atoms with E-state index in [9.17, 15) is 18.0 Å². The van der Waals surface area contributed by atoms with Gasteiger partial charge in [-0.2, -0.15) is 13.2 Å². The Morgan fingerprint density at radius 2 is 1.89 bits per heavy atom. The molecule has 1 amide bonds. The van der Waals surface area contributed by atoms with Gasteiger partial charge in [-0.05, 0) is 18.2 Å². The van der Waals surface area contributed by atoms with Crippen LogP contribution >= 0.6 is 0 Å². The Kier molecular flexibility index (Phi) is 3.82. The van der Waals surface area contributed by atoms with E-state index in [-0.39, 0.29) is 5.56 Å². The van der Waals surface area contributed by atoms with Crippen molar-refractivity contribution in [3.8, 4) is 11.5 Å². The molecule has 1 aromatic rings. The lowest BCUT2D eigenvalue weighted by Gasteiger charge is -2.11. The zero-order chi connectivity index (χ0) is 13.9. The van der Waals surface area contributed by atoms with E-state index >= 15 is 0 Å². The van der Waals surface area contributed by atoms with Crippen molar-refractivity contribution < 1.29 is 27.4 Å². The normalized spacial score (nSPS) is 14.7. The monoisotopic (exact) mass is 275 g/mol. The van der Waals surface area contributed by atoms with Crippen molar-refractivity contribution >= 4 is 5.91 Å². The number of fused-ring (bicyclic) bond motifs is 1. The minimum Gasteiger partial charge on any atom is -0.490 e. The zero-order valence-electron chi connectivity index (χ0n) is 9.92. The third-order valence-electron chi connectivity index (χ3n) is 2.46. The van der Waals surface area contributed by atoms with Gasteiger partial charge in [0.15, 0.2) is 11.5 Å². The molecule has 0 radical (unpaired) electrons. The van der Waals surface area contributed by atoms with Gasteiger partial charge < -0.3 is 14.8 Å². The van der Waals surface area contributed by atoms with Crippen LogP contribution in [0.15, 0.2) is 18.2 Å². The molecule has 19 heavy (non-hydrogen) atoms. The molecule has 1 aromatic carbocycles. The predicted octanol–water partition coefficient (Wildman–Crippen LogP) is 2.14. The average molecular weight is 275 g/mol. The maximum atomic E-state index is 12.0. The van der Waals surface area contributed by atoms with Crippen molar-refractivity contribution in [2.45, 2.75) is 12.6 Å². The van der Waals surface area contributed by atoms with Crippen molar-refractivity contribution in [3.63, 3.8) is 0 Å². The molecule has 1 aliphatic rings. The maximum absolute atomic E-state index is 12.0. The fourth-order valence-electron chi connectivity index (χ4n) is 1.59. The number of hydrogen-bond acceptors (Lipinski definition) is 3. The standard InChI is InChI=1S/C12H12F3NO3/c13-12(14,15)7-16-11(17)8-2-3-9-10(6-8)19-5-1-4-18-9/h2-3,6H,1,4-5,7H2,(H,16,17). The van der Waals surface area contributed by atoms with E-state index in [1.807, 2.05) is 0 Å². The van der Waals surface area contributed by atoms with Crippen molar-refractivity contribution in [2.24, 2.45) is 0 Å². The predicted molar refractivity (Wildman–Crippen MR) is 60.4 cm³/mol. The lowest BCUT2D eigenvalue weighted by molar-refractivity contribution is -0.123. The van der Waals surface area contributed by atoms with Crippen LogP contribution in [0.1, 0.15) is 16.8 Å². The molecule has 0 aromatic heterocycles. The molecule has 7 heteroatoms. The van der Waals surface area contributed by atoms with E-state index in [1.165, 1.54) is 18.2 Å². The largest absolute Gasteiger partial charge is 0.490 e. The van der Waals surface area contributed by atoms with Crippen LogP contribution in [0.2, 0.25) is 0 Å². The first-order valence-corrected chi connectivity index (χ1v) is 5.70. The Hall–Kier alpha value is -1.92. The van der Waals surface area contributed by atoms with Gasteiger partial charge in [0.1, 0.15) is 6.54 Å². The highest BCUT2D eigenvalue weighted by atomic mass is 19.4. The molecule has 4 nitrogen and oxygen atoms in total. The molecule has 0 atom stereocenters. The first-order valence-electron chi connectivity index (χ1n) is 5.70. The summed E-state index contributed by atoms with van der Waals surface area (Å²) < 4.78 is 46.7. The van der Waals surface area contributed by atoms with Crippen LogP contribution in [-0.2, 0) is 0 Å². The Balaban J connectivity index is 2.08. The second kappa shape index (κ2) is 5.38. The smallest absolute Gasteiger partial charge is 0.405 e. The van der Waals surface area contributed by atoms with E-state index in [0.717, 1.165) is 0 Å². The molecular formula is C12H12F3NO3. The number of hydrogen-bond donors (Lipinski definition) is 1. The maximum Gasteiger partial charge on any atom is 0.405 e. The summed E-state index contributed by atoms with van der Waals surface area (Å²) in [5.41, 5.74) is 0.105. The van der Waals surface area contributed by atoms with Gasteiger partial charge in [-0.3, -0.25) is 4.79 Å². The number of rotatable bonds is 2. The van der Waals surface area contributed by atoms with Gasteiger partial charge in [0.25, 0.3) is 5.91 Å². The van der Waals surface area contributed by atoms with Crippen LogP contribution in [0, 0.1) is 0 Å². The zero-order valence-corrected chi connectivity index (χ0v) is 9.92. The summed E-state index contributed by atoms with van der Waals surface area (Å²) in [7, 11) is 0. The molecule has 1 N–H and O–H groups in total. The summed E-state index contributed by atoms with van der Waals surface area (Å²) in [4.78, 5) is 11.6. The van der Waals surface area contributed by atoms with Gasteiger partial charge in [0, 0.05) is 12.0 Å². The molecule has 0 saturated heterocycles. The van der Waals surface area contributed by atoms with E-state index in [0.29, 0.717) is 31.1 Å². The van der Waals surface area contributed by atoms with Crippen molar-refractivity contribution in [2.75, 3.05) is 19.8 Å². The summed E-state index contributed by atoms with van der Waals surface area (Å²) in [6, 6.07) is 4.30. The number of carbonyl (C=O) groups is 1. The number of halogens is 3. The summed E-state index contributed by atoms with van der Waals surface area (Å²) >= 11 is 0. The van der Waals surface area contributed by atoms with Crippen LogP contribution < -0.4 is 14.8 Å². The molecule has 0 aliphatic carbocycles. The van der Waals surface area contributed by atoms with Gasteiger partial charge in [-0.1, -0.05) is 0 Å². The van der Waals surface area contributed by atoms with Crippen LogP contribution in [0.25, 0.3) is 0 Å². The Morgan fingerprint density at radius 3 is 2.58 bits per heavy atom. The van der Waals surface area contributed by atoms with Crippen molar-refractivity contribution in [1.29, 1.82) is 0 Å². The quantitative estimate of drug-likeness (QED) is 0.899. The topological polar surface area (TPSA) is 47.6 Å². The minimum atomic E-state index is -4.43. The highest BCUT2D eigenvalue weighted by Gasteiger charge is 2.28. The van der Waals surface area contributed by atoms with E-state index in [4.69, 9.17) is 9.47 Å². The summed E-state index contributed by atoms with van der Waals surface area (Å²) in [5.74, 6) is 0.0648. The van der Waals surface area contributed by atoms with Gasteiger partial charge in [0.2, 0.25) is 0 Å². The van der Waals surface area contributed by atoms with E-state index in [1.54, 1.807) is 5.32 Å². The van der Waals surface area contributed by atoms with Crippen molar-refractivity contribution in [3.05, 3.63) is 23.8 Å². The van der Waals surface area contributed by atoms with E-state index in [2.05, 4.69) is 0 Å². The van der Waals surface area contributed by atoms with E-state index < -0.39 is 18.6 Å². The molecule has 0 spiro atoms. The number of amides is 1. The summed E-state index contributed by atoms with van der Waals surface area (Å²) in [5, 5.41) is 1.80. The third-order valence-corrected chi connectivity index (χ3v) is 2.46. The number of ether oxygens (including phenoxy) is 2. The van der Waals surface area contributed by atoms with Gasteiger partial charge in [-0.15, -0.1) is 0 Å². The molecule has 2 rings (SSSR count). The fraction of sp³-hybridized carbons (Fsp3) is 0.417. The molecule has 0 bridgehead atoms. The third kappa shape index (κ3) is 3.77. The van der Waals surface area contributed by atoms with Crippen LogP contribution in [0.4, 0.5) is 13.2 Å². The minimum absolute atomic E-state index is 0.105. The first kappa shape index (κ1) is 13.5. The molecule has 104 valence electrons. The molecule has 1 heterocycles.